The van der Waals surface area contributed by atoms with Gasteiger partial charge in [0.25, 0.3) is 0 Å². The Bertz CT molecular complexity index is 74.7. The minimum absolute atomic E-state index is 0. The summed E-state index contributed by atoms with van der Waals surface area (Å²) in [6.45, 7) is 14.6. The van der Waals surface area contributed by atoms with Crippen LogP contribution in [0.4, 0.5) is 0 Å². The van der Waals surface area contributed by atoms with Crippen molar-refractivity contribution in [2.45, 2.75) is 39.3 Å². The molecule has 0 bridgehead atoms. The minimum Gasteiger partial charge on any atom is -0.322 e. The molecular formula is C7H18KSi3. The number of rotatable bonds is 3. The van der Waals surface area contributed by atoms with Crippen molar-refractivity contribution in [2.75, 3.05) is 0 Å². The van der Waals surface area contributed by atoms with Crippen molar-refractivity contribution in [3.05, 3.63) is 4.79 Å². The van der Waals surface area contributed by atoms with Crippen molar-refractivity contribution >= 4 is 26.4 Å². The summed E-state index contributed by atoms with van der Waals surface area (Å²) >= 11 is 0. The molecule has 3 radical (unpaired) electrons. The average molecular weight is 226 g/mol. The quantitative estimate of drug-likeness (QED) is 0.447. The fourth-order valence-electron chi connectivity index (χ4n) is 1.50. The zero-order valence-corrected chi connectivity index (χ0v) is 15.1. The molecule has 0 N–H and O–H groups in total. The van der Waals surface area contributed by atoms with Crippen LogP contribution in [0.2, 0.25) is 39.3 Å². The summed E-state index contributed by atoms with van der Waals surface area (Å²) in [6, 6.07) is 0. The van der Waals surface area contributed by atoms with Crippen molar-refractivity contribution in [2.24, 2.45) is 0 Å². The fraction of sp³-hybridized carbons (Fsp3) is 0.857. The Hall–Kier alpha value is 2.29. The fourth-order valence-corrected chi connectivity index (χ4v) is 13.5. The van der Waals surface area contributed by atoms with Gasteiger partial charge in [0.05, 0.1) is 0 Å². The van der Waals surface area contributed by atoms with Crippen LogP contribution in [-0.2, 0) is 0 Å². The average Bonchev–Trinajstić information content (AvgIpc) is 1.59. The Morgan fingerprint density at radius 3 is 0.818 bits per heavy atom. The molecule has 4 heteroatoms. The smallest absolute Gasteiger partial charge is 0.322 e. The van der Waals surface area contributed by atoms with Gasteiger partial charge in [0.1, 0.15) is 0 Å². The molecule has 0 rings (SSSR count). The van der Waals surface area contributed by atoms with Crippen LogP contribution in [0, 0.1) is 4.79 Å². The molecule has 0 atom stereocenters. The van der Waals surface area contributed by atoms with Crippen molar-refractivity contribution in [3.63, 3.8) is 0 Å². The maximum Gasteiger partial charge on any atom is 1.00 e. The molecule has 59 valence electrons. The van der Waals surface area contributed by atoms with E-state index in [4.69, 9.17) is 0 Å². The molecule has 0 aromatic carbocycles. The Kier molecular flexibility index (Phi) is 11.0. The molecule has 0 aromatic rings. The summed E-state index contributed by atoms with van der Waals surface area (Å²) in [5.74, 6) is 0. The molecule has 0 aliphatic heterocycles. The number of hydrogen-bond acceptors (Lipinski definition) is 0. The van der Waals surface area contributed by atoms with E-state index in [0.717, 1.165) is 0 Å². The summed E-state index contributed by atoms with van der Waals surface area (Å²) in [7, 11) is -0.194. The second-order valence-electron chi connectivity index (χ2n) is 3.38. The molecule has 0 saturated heterocycles. The maximum atomic E-state index is 2.44. The van der Waals surface area contributed by atoms with E-state index in [-0.39, 0.29) is 77.8 Å². The van der Waals surface area contributed by atoms with E-state index in [1.807, 2.05) is 4.79 Å². The molecule has 0 nitrogen and oxygen atoms in total. The van der Waals surface area contributed by atoms with Gasteiger partial charge in [-0.2, -0.15) is 0 Å². The van der Waals surface area contributed by atoms with E-state index in [1.165, 1.54) is 0 Å². The van der Waals surface area contributed by atoms with Crippen LogP contribution in [0.25, 0.3) is 0 Å². The van der Waals surface area contributed by atoms with E-state index in [9.17, 15) is 0 Å². The molecule has 0 fully saturated rings. The van der Waals surface area contributed by atoms with Crippen LogP contribution < -0.4 is 51.4 Å². The Morgan fingerprint density at radius 1 is 0.636 bits per heavy atom. The van der Waals surface area contributed by atoms with Crippen molar-refractivity contribution in [1.82, 2.24) is 0 Å². The monoisotopic (exact) mass is 225 g/mol. The van der Waals surface area contributed by atoms with E-state index in [2.05, 4.69) is 39.3 Å². The molecule has 0 heterocycles. The van der Waals surface area contributed by atoms with E-state index in [1.54, 1.807) is 0 Å². The van der Waals surface area contributed by atoms with Crippen molar-refractivity contribution in [3.8, 4) is 0 Å². The van der Waals surface area contributed by atoms with Crippen LogP contribution in [0.1, 0.15) is 0 Å². The first kappa shape index (κ1) is 15.7. The van der Waals surface area contributed by atoms with E-state index < -0.39 is 0 Å². The van der Waals surface area contributed by atoms with Gasteiger partial charge in [-0.05, 0) is 0 Å². The molecule has 0 spiro atoms. The van der Waals surface area contributed by atoms with Gasteiger partial charge >= 0.3 is 51.4 Å². The van der Waals surface area contributed by atoms with Gasteiger partial charge in [-0.1, -0.05) is 39.3 Å². The summed E-state index contributed by atoms with van der Waals surface area (Å²) in [6.07, 6.45) is 0. The second kappa shape index (κ2) is 7.67. The predicted molar refractivity (Wildman–Crippen MR) is 55.7 cm³/mol. The Morgan fingerprint density at radius 2 is 0.818 bits per heavy atom. The van der Waals surface area contributed by atoms with Crippen molar-refractivity contribution in [1.29, 1.82) is 0 Å². The van der Waals surface area contributed by atoms with E-state index >= 15 is 0 Å². The first-order valence-corrected chi connectivity index (χ1v) is 11.2. The molecule has 0 unspecified atom stereocenters. The predicted octanol–water partition coefficient (Wildman–Crippen LogP) is -0.554. The zero-order chi connectivity index (χ0) is 8.31. The first-order chi connectivity index (χ1) is 4.46. The SMILES string of the molecule is C[Si](C)[C-]([Si](C)C)[Si](C)C.[K+]. The third-order valence-electron chi connectivity index (χ3n) is 1.50. The van der Waals surface area contributed by atoms with Gasteiger partial charge in [-0.3, -0.25) is 0 Å². The molecule has 0 aromatic heterocycles. The molecule has 0 saturated carbocycles. The molecule has 11 heavy (non-hydrogen) atoms. The summed E-state index contributed by atoms with van der Waals surface area (Å²) < 4.78 is 0. The topological polar surface area (TPSA) is 0 Å². The maximum absolute atomic E-state index is 2.44. The Balaban J connectivity index is 0. The normalized spacial score (nSPS) is 11.5. The molecular weight excluding hydrogens is 207 g/mol. The van der Waals surface area contributed by atoms with Gasteiger partial charge in [-0.15, -0.1) is 26.4 Å². The largest absolute Gasteiger partial charge is 1.00 e. The van der Waals surface area contributed by atoms with Gasteiger partial charge < -0.3 is 4.79 Å². The zero-order valence-electron chi connectivity index (χ0n) is 9.00. The summed E-state index contributed by atoms with van der Waals surface area (Å²) in [4.78, 5) is 2.00. The van der Waals surface area contributed by atoms with E-state index in [0.29, 0.717) is 0 Å². The second-order valence-corrected chi connectivity index (χ2v) is 12.4. The first-order valence-electron chi connectivity index (χ1n) is 3.75. The van der Waals surface area contributed by atoms with Crippen LogP contribution in [0.5, 0.6) is 0 Å². The molecule has 0 amide bonds. The number of hydrogen-bond donors (Lipinski definition) is 0. The summed E-state index contributed by atoms with van der Waals surface area (Å²) in [5, 5.41) is 0. The summed E-state index contributed by atoms with van der Waals surface area (Å²) in [5.41, 5.74) is 0. The molecule has 0 aliphatic rings. The van der Waals surface area contributed by atoms with Crippen LogP contribution in [-0.4, -0.2) is 26.4 Å². The van der Waals surface area contributed by atoms with Gasteiger partial charge in [0.15, 0.2) is 0 Å². The minimum atomic E-state index is -0.0648. The Labute approximate surface area is 120 Å². The molecule has 0 aliphatic carbocycles. The van der Waals surface area contributed by atoms with Crippen LogP contribution in [0.15, 0.2) is 0 Å². The van der Waals surface area contributed by atoms with Gasteiger partial charge in [-0.25, -0.2) is 0 Å². The van der Waals surface area contributed by atoms with Gasteiger partial charge in [0, 0.05) is 0 Å². The third-order valence-corrected chi connectivity index (χ3v) is 13.5. The van der Waals surface area contributed by atoms with Gasteiger partial charge in [0.2, 0.25) is 0 Å². The van der Waals surface area contributed by atoms with Crippen LogP contribution in [0.3, 0.4) is 0 Å². The third kappa shape index (κ3) is 6.37. The van der Waals surface area contributed by atoms with Crippen molar-refractivity contribution < 1.29 is 51.4 Å². The van der Waals surface area contributed by atoms with Crippen LogP contribution >= 0.6 is 0 Å². The standard InChI is InChI=1S/C7H18Si3.K/c1-8(2)7(9(3)4)10(5)6;/h1-6H3;/q-1;+1.